The zero-order valence-corrected chi connectivity index (χ0v) is 20.2. The van der Waals surface area contributed by atoms with Gasteiger partial charge in [-0.25, -0.2) is 9.78 Å². The van der Waals surface area contributed by atoms with Gasteiger partial charge in [-0.3, -0.25) is 4.79 Å². The van der Waals surface area contributed by atoms with Gasteiger partial charge in [0.15, 0.2) is 22.4 Å². The summed E-state index contributed by atoms with van der Waals surface area (Å²) >= 11 is 4.21. The minimum absolute atomic E-state index is 0.0463. The Morgan fingerprint density at radius 2 is 2.00 bits per heavy atom. The van der Waals surface area contributed by atoms with E-state index in [9.17, 15) is 19.8 Å². The number of pyridine rings is 1. The molecule has 0 aliphatic heterocycles. The molecule has 2 aromatic heterocycles. The molecule has 3 aromatic rings. The van der Waals surface area contributed by atoms with Gasteiger partial charge in [-0.1, -0.05) is 25.5 Å². The van der Waals surface area contributed by atoms with Crippen LogP contribution in [0.1, 0.15) is 50.9 Å². The molecule has 1 aromatic carbocycles. The number of ketones is 1. The lowest BCUT2D eigenvalue weighted by molar-refractivity contribution is 0.0500. The van der Waals surface area contributed by atoms with E-state index in [0.717, 1.165) is 17.8 Å². The SMILES string of the molecule is CCCCOC(=O)c1c(N=Nc2nc(N)c(O)cc2Br)sc(C(=O)c2cccc(O)c2)c1C. The van der Waals surface area contributed by atoms with Gasteiger partial charge in [0.1, 0.15) is 11.3 Å². The number of nitrogens with zero attached hydrogens (tertiary/aromatic N) is 3. The number of anilines is 1. The third kappa shape index (κ3) is 5.55. The molecule has 11 heteroatoms. The maximum Gasteiger partial charge on any atom is 0.341 e. The van der Waals surface area contributed by atoms with Crippen LogP contribution in [0.15, 0.2) is 45.0 Å². The van der Waals surface area contributed by atoms with Gasteiger partial charge in [-0.15, -0.1) is 21.6 Å². The normalized spacial score (nSPS) is 11.1. The number of rotatable bonds is 8. The highest BCUT2D eigenvalue weighted by molar-refractivity contribution is 9.10. The maximum atomic E-state index is 13.1. The molecule has 3 rings (SSSR count). The highest BCUT2D eigenvalue weighted by Crippen LogP contribution is 2.39. The number of carbonyl (C=O) groups excluding carboxylic acids is 2. The molecule has 0 unspecified atom stereocenters. The highest BCUT2D eigenvalue weighted by Gasteiger charge is 2.27. The van der Waals surface area contributed by atoms with Crippen LogP contribution in [0, 0.1) is 6.92 Å². The molecular weight excluding hydrogens is 512 g/mol. The van der Waals surface area contributed by atoms with Crippen LogP contribution in [-0.2, 0) is 4.74 Å². The number of phenolic OH excluding ortho intramolecular Hbond substituents is 1. The number of ether oxygens (including phenoxy) is 1. The van der Waals surface area contributed by atoms with Gasteiger partial charge in [0.25, 0.3) is 0 Å². The largest absolute Gasteiger partial charge is 0.508 e. The van der Waals surface area contributed by atoms with Crippen molar-refractivity contribution in [3.8, 4) is 11.5 Å². The number of thiophene rings is 1. The summed E-state index contributed by atoms with van der Waals surface area (Å²) < 4.78 is 5.70. The van der Waals surface area contributed by atoms with Crippen LogP contribution in [0.5, 0.6) is 11.5 Å². The number of benzene rings is 1. The van der Waals surface area contributed by atoms with E-state index >= 15 is 0 Å². The Balaban J connectivity index is 2.05. The maximum absolute atomic E-state index is 13.1. The van der Waals surface area contributed by atoms with Gasteiger partial charge < -0.3 is 20.7 Å². The fraction of sp³-hybridized carbons (Fsp3) is 0.227. The van der Waals surface area contributed by atoms with E-state index in [1.165, 1.54) is 18.2 Å². The minimum atomic E-state index is -0.613. The highest BCUT2D eigenvalue weighted by atomic mass is 79.9. The summed E-state index contributed by atoms with van der Waals surface area (Å²) in [6.45, 7) is 3.84. The van der Waals surface area contributed by atoms with Gasteiger partial charge >= 0.3 is 5.97 Å². The molecule has 0 fully saturated rings. The molecule has 0 radical (unpaired) electrons. The van der Waals surface area contributed by atoms with E-state index in [0.29, 0.717) is 16.5 Å². The molecule has 2 heterocycles. The number of phenols is 1. The summed E-state index contributed by atoms with van der Waals surface area (Å²) in [5.41, 5.74) is 6.43. The monoisotopic (exact) mass is 532 g/mol. The van der Waals surface area contributed by atoms with Crippen molar-refractivity contribution < 1.29 is 24.5 Å². The topological polar surface area (TPSA) is 147 Å². The minimum Gasteiger partial charge on any atom is -0.508 e. The lowest BCUT2D eigenvalue weighted by atomic mass is 10.0. The number of unbranched alkanes of at least 4 members (excludes halogenated alkanes) is 1. The van der Waals surface area contributed by atoms with E-state index in [4.69, 9.17) is 10.5 Å². The van der Waals surface area contributed by atoms with Crippen LogP contribution >= 0.6 is 27.3 Å². The molecule has 4 N–H and O–H groups in total. The summed E-state index contributed by atoms with van der Waals surface area (Å²) in [6, 6.07) is 7.27. The van der Waals surface area contributed by atoms with Gasteiger partial charge in [-0.05, 0) is 47.0 Å². The second-order valence-corrected chi connectivity index (χ2v) is 8.86. The summed E-state index contributed by atoms with van der Waals surface area (Å²) in [4.78, 5) is 30.1. The van der Waals surface area contributed by atoms with E-state index in [-0.39, 0.29) is 56.5 Å². The zero-order valence-electron chi connectivity index (χ0n) is 17.8. The Hall–Kier alpha value is -3.31. The van der Waals surface area contributed by atoms with E-state index in [1.54, 1.807) is 19.1 Å². The molecule has 9 nitrogen and oxygen atoms in total. The smallest absolute Gasteiger partial charge is 0.341 e. The van der Waals surface area contributed by atoms with Crippen molar-refractivity contribution in [3.63, 3.8) is 0 Å². The van der Waals surface area contributed by atoms with Crippen molar-refractivity contribution >= 4 is 55.7 Å². The first kappa shape index (κ1) is 24.3. The molecule has 172 valence electrons. The number of aromatic nitrogens is 1. The summed E-state index contributed by atoms with van der Waals surface area (Å²) in [7, 11) is 0. The van der Waals surface area contributed by atoms with Crippen molar-refractivity contribution in [2.75, 3.05) is 12.3 Å². The number of nitrogen functional groups attached to an aromatic ring is 1. The van der Waals surface area contributed by atoms with Crippen molar-refractivity contribution in [2.24, 2.45) is 10.2 Å². The third-order valence-corrected chi connectivity index (χ3v) is 6.34. The fourth-order valence-corrected chi connectivity index (χ4v) is 4.30. The lowest BCUT2D eigenvalue weighted by Gasteiger charge is -2.05. The predicted octanol–water partition coefficient (Wildman–Crippen LogP) is 5.81. The third-order valence-electron chi connectivity index (χ3n) is 4.58. The van der Waals surface area contributed by atoms with Gasteiger partial charge in [-0.2, -0.15) is 0 Å². The number of esters is 1. The van der Waals surface area contributed by atoms with Crippen LogP contribution in [0.2, 0.25) is 0 Å². The van der Waals surface area contributed by atoms with Crippen LogP contribution in [-0.4, -0.2) is 33.6 Å². The van der Waals surface area contributed by atoms with Crippen molar-refractivity contribution in [2.45, 2.75) is 26.7 Å². The molecule has 0 aliphatic carbocycles. The van der Waals surface area contributed by atoms with Crippen LogP contribution < -0.4 is 5.73 Å². The predicted molar refractivity (Wildman–Crippen MR) is 128 cm³/mol. The van der Waals surface area contributed by atoms with Crippen molar-refractivity contribution in [3.05, 3.63) is 56.4 Å². The standard InChI is InChI=1S/C22H21BrN4O5S/c1-3-4-8-32-22(31)16-11(2)18(17(30)12-6-5-7-13(28)9-12)33-21(16)27-26-20-14(23)10-15(29)19(24)25-20/h5-7,9-10,28-29H,3-4,8H2,1-2H3,(H2,24,25). The molecule has 0 saturated carbocycles. The summed E-state index contributed by atoms with van der Waals surface area (Å²) in [6.07, 6.45) is 1.55. The van der Waals surface area contributed by atoms with Gasteiger partial charge in [0.05, 0.1) is 16.0 Å². The Morgan fingerprint density at radius 3 is 2.70 bits per heavy atom. The van der Waals surface area contributed by atoms with E-state index in [2.05, 4.69) is 31.1 Å². The van der Waals surface area contributed by atoms with Gasteiger partial charge in [0.2, 0.25) is 5.78 Å². The van der Waals surface area contributed by atoms with Crippen LogP contribution in [0.25, 0.3) is 0 Å². The second kappa shape index (κ2) is 10.5. The van der Waals surface area contributed by atoms with Gasteiger partial charge in [0, 0.05) is 11.6 Å². The Labute approximate surface area is 202 Å². The molecular formula is C22H21BrN4O5S. The molecule has 0 spiro atoms. The molecule has 0 atom stereocenters. The van der Waals surface area contributed by atoms with E-state index in [1.807, 2.05) is 6.92 Å². The van der Waals surface area contributed by atoms with Crippen LogP contribution in [0.3, 0.4) is 0 Å². The first-order valence-corrected chi connectivity index (χ1v) is 11.5. The number of hydrogen-bond donors (Lipinski definition) is 3. The average Bonchev–Trinajstić information content (AvgIpc) is 3.11. The Kier molecular flexibility index (Phi) is 7.77. The Bertz CT molecular complexity index is 1240. The quantitative estimate of drug-likeness (QED) is 0.143. The molecule has 0 aliphatic rings. The average molecular weight is 533 g/mol. The summed E-state index contributed by atoms with van der Waals surface area (Å²) in [5, 5.41) is 27.7. The molecule has 33 heavy (non-hydrogen) atoms. The van der Waals surface area contributed by atoms with Crippen molar-refractivity contribution in [1.82, 2.24) is 4.98 Å². The second-order valence-electron chi connectivity index (χ2n) is 7.00. The number of hydrogen-bond acceptors (Lipinski definition) is 10. The first-order chi connectivity index (χ1) is 15.7. The number of carbonyl (C=O) groups is 2. The first-order valence-electron chi connectivity index (χ1n) is 9.93. The Morgan fingerprint density at radius 1 is 1.24 bits per heavy atom. The van der Waals surface area contributed by atoms with Crippen molar-refractivity contribution in [1.29, 1.82) is 0 Å². The lowest BCUT2D eigenvalue weighted by Crippen LogP contribution is -2.08. The zero-order chi connectivity index (χ0) is 24.1. The molecule has 0 bridgehead atoms. The van der Waals surface area contributed by atoms with Crippen LogP contribution in [0.4, 0.5) is 16.6 Å². The summed E-state index contributed by atoms with van der Waals surface area (Å²) in [5.74, 6) is -1.29. The molecule has 0 saturated heterocycles. The fourth-order valence-electron chi connectivity index (χ4n) is 2.83. The number of azo groups is 1. The van der Waals surface area contributed by atoms with E-state index < -0.39 is 5.97 Å². The number of aromatic hydroxyl groups is 2. The molecule has 0 amide bonds. The number of nitrogens with two attached hydrogens (primary N) is 1. The number of halogens is 1.